The van der Waals surface area contributed by atoms with Crippen molar-refractivity contribution in [1.82, 2.24) is 14.1 Å². The molecular weight excluding hydrogens is 964 g/mol. The maximum absolute atomic E-state index is 9.06. The van der Waals surface area contributed by atoms with Gasteiger partial charge in [-0.2, -0.15) is 12.1 Å². The Bertz CT molecular complexity index is 3930. The quantitative estimate of drug-likeness (QED) is 0.161. The summed E-state index contributed by atoms with van der Waals surface area (Å²) in [6.07, 6.45) is 1.74. The van der Waals surface area contributed by atoms with E-state index in [4.69, 9.17) is 15.2 Å². The zero-order chi connectivity index (χ0) is 45.7. The van der Waals surface area contributed by atoms with Crippen LogP contribution in [-0.2, 0) is 26.5 Å². The second kappa shape index (κ2) is 15.5. The number of fused-ring (bicyclic) bond motifs is 10. The molecule has 0 saturated heterocycles. The molecule has 1 aliphatic heterocycles. The largest absolute Gasteiger partial charge is 0.509 e. The predicted molar refractivity (Wildman–Crippen MR) is 261 cm³/mol. The molecule has 0 aliphatic carbocycles. The molecule has 0 bridgehead atoms. The molecular formula is C58H41N4OPt-3. The van der Waals surface area contributed by atoms with Crippen molar-refractivity contribution in [3.05, 3.63) is 212 Å². The van der Waals surface area contributed by atoms with E-state index in [0.717, 1.165) is 66.0 Å². The van der Waals surface area contributed by atoms with Gasteiger partial charge in [-0.3, -0.25) is 0 Å². The third kappa shape index (κ3) is 6.42. The number of benzene rings is 8. The molecule has 0 radical (unpaired) electrons. The molecule has 4 heterocycles. The Hall–Kier alpha value is -7.33. The van der Waals surface area contributed by atoms with Crippen molar-refractivity contribution in [2.75, 3.05) is 4.90 Å². The van der Waals surface area contributed by atoms with Crippen molar-refractivity contribution in [1.29, 1.82) is 0 Å². The number of nitrogens with zero attached hydrogens (tertiary/aromatic N) is 4. The van der Waals surface area contributed by atoms with Gasteiger partial charge < -0.3 is 18.8 Å². The van der Waals surface area contributed by atoms with Crippen LogP contribution in [0.4, 0.5) is 11.4 Å². The van der Waals surface area contributed by atoms with E-state index in [1.807, 2.05) is 36.4 Å². The van der Waals surface area contributed by atoms with E-state index in [1.165, 1.54) is 5.39 Å². The molecule has 0 spiro atoms. The Morgan fingerprint density at radius 2 is 1.23 bits per heavy atom. The van der Waals surface area contributed by atoms with E-state index >= 15 is 0 Å². The zero-order valence-corrected chi connectivity index (χ0v) is 37.5. The Kier molecular flexibility index (Phi) is 8.51. The van der Waals surface area contributed by atoms with Gasteiger partial charge in [0, 0.05) is 50.0 Å². The third-order valence-electron chi connectivity index (χ3n) is 12.2. The summed E-state index contributed by atoms with van der Waals surface area (Å²) >= 11 is 0. The normalized spacial score (nSPS) is 13.1. The molecule has 0 saturated carbocycles. The zero-order valence-electron chi connectivity index (χ0n) is 39.2. The Morgan fingerprint density at radius 3 is 1.98 bits per heavy atom. The SMILES string of the molecule is [2H]c1c([2H])c([2H])c2c(c1[2H])c1ccc(Oc3[c-]c(N4[CH-]n5c6c(-c7ccccc7)cccc6c6ccccc6c6ccccc6c6cccc4c65)ccc3)[c-]c1n2-c1cc(C(C)(C)C)ccn1.[Pt]. The summed E-state index contributed by atoms with van der Waals surface area (Å²) in [5.41, 5.74) is 7.79. The number of hydrogen-bond acceptors (Lipinski definition) is 3. The minimum absolute atomic E-state index is 0. The van der Waals surface area contributed by atoms with Gasteiger partial charge in [-0.15, -0.1) is 35.7 Å². The first kappa shape index (κ1) is 35.2. The molecule has 0 N–H and O–H groups in total. The minimum Gasteiger partial charge on any atom is -0.509 e. The molecule has 0 fully saturated rings. The van der Waals surface area contributed by atoms with Crippen LogP contribution >= 0.6 is 0 Å². The second-order valence-electron chi connectivity index (χ2n) is 17.0. The van der Waals surface area contributed by atoms with Gasteiger partial charge in [0.2, 0.25) is 0 Å². The fourth-order valence-electron chi connectivity index (χ4n) is 9.24. The Morgan fingerprint density at radius 1 is 0.594 bits per heavy atom. The number of ether oxygens (including phenoxy) is 1. The van der Waals surface area contributed by atoms with Crippen molar-refractivity contribution in [3.63, 3.8) is 0 Å². The van der Waals surface area contributed by atoms with Crippen LogP contribution in [0.2, 0.25) is 0 Å². The molecule has 0 amide bonds. The summed E-state index contributed by atoms with van der Waals surface area (Å²) in [5, 5.41) is 7.85. The standard InChI is InChI=1S/C58H41N4O.Pt/c1-58(2,3)39-32-33-59-55(34-39)62-52-28-12-11-24-48(52)49-31-30-42(36-54(49)62)63-41-19-13-18-40(35-41)60-37-61-56-43(38-16-5-4-6-17-38)25-14-26-50(56)46-22-9-7-20-44(46)45-21-8-10-23-47(45)51-27-15-29-53(60)57(51)61;/h4-34,37H,1-3H3;/q-3;/i11D,12D,24D,28D;. The topological polar surface area (TPSA) is 35.2 Å². The first-order valence-corrected chi connectivity index (χ1v) is 21.1. The van der Waals surface area contributed by atoms with Crippen LogP contribution in [0.1, 0.15) is 31.8 Å². The van der Waals surface area contributed by atoms with Crippen LogP contribution in [-0.4, -0.2) is 14.1 Å². The van der Waals surface area contributed by atoms with E-state index < -0.39 is 0 Å². The summed E-state index contributed by atoms with van der Waals surface area (Å²) in [7, 11) is 0. The average molecular weight is 1010 g/mol. The Balaban J connectivity index is 0.00000507. The van der Waals surface area contributed by atoms with Crippen molar-refractivity contribution in [3.8, 4) is 28.4 Å². The average Bonchev–Trinajstić information content (AvgIpc) is 3.92. The van der Waals surface area contributed by atoms with E-state index in [2.05, 4.69) is 164 Å². The van der Waals surface area contributed by atoms with E-state index in [9.17, 15) is 0 Å². The van der Waals surface area contributed by atoms with Gasteiger partial charge in [0.05, 0.1) is 5.48 Å². The minimum atomic E-state index is -0.312. The summed E-state index contributed by atoms with van der Waals surface area (Å²) < 4.78 is 46.0. The first-order chi connectivity index (χ1) is 32.5. The van der Waals surface area contributed by atoms with Crippen molar-refractivity contribution >= 4 is 76.5 Å². The van der Waals surface area contributed by atoms with Gasteiger partial charge in [-0.25, -0.2) is 4.98 Å². The van der Waals surface area contributed by atoms with Gasteiger partial charge in [0.25, 0.3) is 0 Å². The van der Waals surface area contributed by atoms with Gasteiger partial charge in [-0.1, -0.05) is 159 Å². The molecule has 312 valence electrons. The molecule has 64 heavy (non-hydrogen) atoms. The van der Waals surface area contributed by atoms with E-state index in [0.29, 0.717) is 39.1 Å². The monoisotopic (exact) mass is 1010 g/mol. The number of hydrogen-bond donors (Lipinski definition) is 0. The van der Waals surface area contributed by atoms with Crippen LogP contribution in [0.15, 0.2) is 188 Å². The smallest absolute Gasteiger partial charge is 0.135 e. The summed E-state index contributed by atoms with van der Waals surface area (Å²) in [5.74, 6) is 1.37. The van der Waals surface area contributed by atoms with Crippen LogP contribution in [0.3, 0.4) is 0 Å². The number of para-hydroxylation sites is 3. The van der Waals surface area contributed by atoms with E-state index in [1.54, 1.807) is 16.8 Å². The molecule has 1 aliphatic rings. The van der Waals surface area contributed by atoms with Gasteiger partial charge in [0.15, 0.2) is 0 Å². The molecule has 8 aromatic carbocycles. The molecule has 11 aromatic rings. The molecule has 6 heteroatoms. The number of anilines is 2. The predicted octanol–water partition coefficient (Wildman–Crippen LogP) is 15.2. The number of rotatable bonds is 5. The van der Waals surface area contributed by atoms with Gasteiger partial charge in [0.1, 0.15) is 5.82 Å². The first-order valence-electron chi connectivity index (χ1n) is 23.1. The maximum atomic E-state index is 9.06. The summed E-state index contributed by atoms with van der Waals surface area (Å²) in [4.78, 5) is 6.91. The van der Waals surface area contributed by atoms with Gasteiger partial charge in [-0.05, 0) is 102 Å². The van der Waals surface area contributed by atoms with Crippen LogP contribution in [0, 0.1) is 18.8 Å². The fourth-order valence-corrected chi connectivity index (χ4v) is 9.24. The summed E-state index contributed by atoms with van der Waals surface area (Å²) in [6, 6.07) is 60.6. The van der Waals surface area contributed by atoms with Crippen LogP contribution in [0.25, 0.3) is 82.1 Å². The maximum Gasteiger partial charge on any atom is 0.135 e. The van der Waals surface area contributed by atoms with Crippen LogP contribution in [0.5, 0.6) is 11.5 Å². The van der Waals surface area contributed by atoms with Crippen LogP contribution < -0.4 is 9.64 Å². The molecule has 5 nitrogen and oxygen atoms in total. The van der Waals surface area contributed by atoms with Crippen molar-refractivity contribution < 1.29 is 31.3 Å². The van der Waals surface area contributed by atoms with Crippen molar-refractivity contribution in [2.24, 2.45) is 0 Å². The molecule has 0 atom stereocenters. The second-order valence-corrected chi connectivity index (χ2v) is 17.0. The molecule has 3 aromatic heterocycles. The number of aromatic nitrogens is 3. The summed E-state index contributed by atoms with van der Waals surface area (Å²) in [6.45, 7) is 8.54. The molecule has 12 rings (SSSR count). The third-order valence-corrected chi connectivity index (χ3v) is 12.2. The van der Waals surface area contributed by atoms with Gasteiger partial charge >= 0.3 is 0 Å². The van der Waals surface area contributed by atoms with Crippen molar-refractivity contribution in [2.45, 2.75) is 26.2 Å². The molecule has 0 unspecified atom stereocenters. The Labute approximate surface area is 392 Å². The van der Waals surface area contributed by atoms with E-state index in [-0.39, 0.29) is 50.6 Å². The fraction of sp³-hybridized carbons (Fsp3) is 0.0690. The number of pyridine rings is 1.